The maximum Gasteiger partial charge on any atom is 0.324 e. The summed E-state index contributed by atoms with van der Waals surface area (Å²) in [5.74, 6) is -1.95. The van der Waals surface area contributed by atoms with Crippen LogP contribution in [-0.2, 0) is 41.8 Å². The van der Waals surface area contributed by atoms with Crippen LogP contribution in [0.3, 0.4) is 0 Å². The van der Waals surface area contributed by atoms with Crippen molar-refractivity contribution < 1.29 is 28.6 Å². The summed E-state index contributed by atoms with van der Waals surface area (Å²) in [6, 6.07) is 18.7. The van der Waals surface area contributed by atoms with E-state index in [-0.39, 0.29) is 32.0 Å². The van der Waals surface area contributed by atoms with Gasteiger partial charge in [0.2, 0.25) is 0 Å². The molecule has 2 aliphatic rings. The fraction of sp³-hybridized carbons (Fsp3) is 0.345. The number of ether oxygens (including phenoxy) is 3. The second kappa shape index (κ2) is 10.3. The number of fused-ring (bicyclic) bond motifs is 1. The van der Waals surface area contributed by atoms with Crippen LogP contribution in [-0.4, -0.2) is 25.0 Å². The Labute approximate surface area is 205 Å². The molecule has 0 amide bonds. The van der Waals surface area contributed by atoms with Gasteiger partial charge >= 0.3 is 17.9 Å². The molecule has 2 aromatic carbocycles. The highest BCUT2D eigenvalue weighted by molar-refractivity contribution is 6.02. The first kappa shape index (κ1) is 24.5. The van der Waals surface area contributed by atoms with Gasteiger partial charge in [0.25, 0.3) is 0 Å². The molecule has 0 bridgehead atoms. The summed E-state index contributed by atoms with van der Waals surface area (Å²) in [4.78, 5) is 39.5. The van der Waals surface area contributed by atoms with Crippen molar-refractivity contribution in [2.45, 2.75) is 46.3 Å². The number of hydrogen-bond acceptors (Lipinski definition) is 6. The number of rotatable bonds is 7. The monoisotopic (exact) mass is 474 g/mol. The summed E-state index contributed by atoms with van der Waals surface area (Å²) in [7, 11) is 1.37. The molecule has 0 unspecified atom stereocenters. The van der Waals surface area contributed by atoms with Gasteiger partial charge < -0.3 is 14.2 Å². The highest BCUT2D eigenvalue weighted by Gasteiger charge is 2.56. The van der Waals surface area contributed by atoms with Crippen molar-refractivity contribution in [3.8, 4) is 0 Å². The quantitative estimate of drug-likeness (QED) is 0.316. The van der Waals surface area contributed by atoms with E-state index in [0.29, 0.717) is 6.42 Å². The minimum atomic E-state index is -1.50. The van der Waals surface area contributed by atoms with Gasteiger partial charge in [-0.05, 0) is 55.4 Å². The Morgan fingerprint density at radius 1 is 0.800 bits per heavy atom. The number of allylic oxidation sites excluding steroid dienone is 3. The van der Waals surface area contributed by atoms with Gasteiger partial charge in [0.15, 0.2) is 5.41 Å². The van der Waals surface area contributed by atoms with Gasteiger partial charge in [0.05, 0.1) is 13.0 Å². The molecule has 4 rings (SSSR count). The number of methoxy groups -OCH3 is 1. The SMILES string of the molecule is COC(=O)[C@@H]1CC(C)=C2CC(C(=O)OCc3ccccc3)(C(=O)OCc3ccccc3)CC2=C1C. The third kappa shape index (κ3) is 4.92. The lowest BCUT2D eigenvalue weighted by Gasteiger charge is -2.25. The van der Waals surface area contributed by atoms with Crippen LogP contribution in [0.2, 0.25) is 0 Å². The summed E-state index contributed by atoms with van der Waals surface area (Å²) in [5, 5.41) is 0. The number of carbonyl (C=O) groups is 3. The fourth-order valence-corrected chi connectivity index (χ4v) is 4.96. The molecule has 6 heteroatoms. The van der Waals surface area contributed by atoms with E-state index in [1.54, 1.807) is 0 Å². The molecule has 1 fully saturated rings. The lowest BCUT2D eigenvalue weighted by Crippen LogP contribution is -2.39. The van der Waals surface area contributed by atoms with E-state index in [0.717, 1.165) is 33.4 Å². The summed E-state index contributed by atoms with van der Waals surface area (Å²) >= 11 is 0. The van der Waals surface area contributed by atoms with E-state index in [1.807, 2.05) is 74.5 Å². The van der Waals surface area contributed by atoms with E-state index in [9.17, 15) is 14.4 Å². The second-order valence-electron chi connectivity index (χ2n) is 9.26. The van der Waals surface area contributed by atoms with E-state index in [4.69, 9.17) is 14.2 Å². The van der Waals surface area contributed by atoms with Crippen LogP contribution in [0.5, 0.6) is 0 Å². The first-order valence-corrected chi connectivity index (χ1v) is 11.7. The van der Waals surface area contributed by atoms with Crippen molar-refractivity contribution in [3.05, 3.63) is 94.1 Å². The average molecular weight is 475 g/mol. The molecule has 182 valence electrons. The molecule has 0 heterocycles. The highest BCUT2D eigenvalue weighted by atomic mass is 16.6. The van der Waals surface area contributed by atoms with Gasteiger partial charge in [-0.3, -0.25) is 14.4 Å². The average Bonchev–Trinajstić information content (AvgIpc) is 3.32. The van der Waals surface area contributed by atoms with Gasteiger partial charge in [-0.25, -0.2) is 0 Å². The van der Waals surface area contributed by atoms with Crippen LogP contribution in [0.15, 0.2) is 83.0 Å². The molecule has 1 atom stereocenters. The highest BCUT2D eigenvalue weighted by Crippen LogP contribution is 2.53. The molecule has 0 aromatic heterocycles. The van der Waals surface area contributed by atoms with Crippen LogP contribution in [0.4, 0.5) is 0 Å². The predicted molar refractivity (Wildman–Crippen MR) is 130 cm³/mol. The summed E-state index contributed by atoms with van der Waals surface area (Å²) < 4.78 is 16.4. The van der Waals surface area contributed by atoms with E-state index in [2.05, 4.69) is 0 Å². The Morgan fingerprint density at radius 3 is 1.77 bits per heavy atom. The molecule has 2 aliphatic carbocycles. The van der Waals surface area contributed by atoms with E-state index < -0.39 is 23.3 Å². The molecular formula is C29H30O6. The van der Waals surface area contributed by atoms with E-state index in [1.165, 1.54) is 7.11 Å². The topological polar surface area (TPSA) is 78.9 Å². The van der Waals surface area contributed by atoms with Gasteiger partial charge in [0, 0.05) is 0 Å². The van der Waals surface area contributed by atoms with Crippen molar-refractivity contribution in [2.75, 3.05) is 7.11 Å². The number of hydrogen-bond donors (Lipinski definition) is 0. The smallest absolute Gasteiger partial charge is 0.324 e. The van der Waals surface area contributed by atoms with Crippen molar-refractivity contribution in [2.24, 2.45) is 11.3 Å². The lowest BCUT2D eigenvalue weighted by molar-refractivity contribution is -0.173. The van der Waals surface area contributed by atoms with Crippen molar-refractivity contribution >= 4 is 17.9 Å². The third-order valence-electron chi connectivity index (χ3n) is 7.04. The van der Waals surface area contributed by atoms with Crippen LogP contribution >= 0.6 is 0 Å². The van der Waals surface area contributed by atoms with Gasteiger partial charge in [-0.2, -0.15) is 0 Å². The molecule has 2 aromatic rings. The minimum absolute atomic E-state index is 0.0637. The van der Waals surface area contributed by atoms with Gasteiger partial charge in [-0.1, -0.05) is 71.8 Å². The zero-order valence-corrected chi connectivity index (χ0v) is 20.3. The Morgan fingerprint density at radius 2 is 1.29 bits per heavy atom. The van der Waals surface area contributed by atoms with Gasteiger partial charge in [0.1, 0.15) is 13.2 Å². The molecule has 0 spiro atoms. The van der Waals surface area contributed by atoms with Crippen LogP contribution < -0.4 is 0 Å². The maximum absolute atomic E-state index is 13.6. The Kier molecular flexibility index (Phi) is 7.20. The largest absolute Gasteiger partial charge is 0.469 e. The van der Waals surface area contributed by atoms with Crippen molar-refractivity contribution in [1.29, 1.82) is 0 Å². The number of carbonyl (C=O) groups excluding carboxylic acids is 3. The first-order valence-electron chi connectivity index (χ1n) is 11.7. The second-order valence-corrected chi connectivity index (χ2v) is 9.26. The standard InChI is InChI=1S/C29H30O6/c1-19-14-23(26(30)33-3)20(2)25-16-29(15-24(19)25,27(31)34-17-21-10-6-4-7-11-21)28(32)35-18-22-12-8-5-9-13-22/h4-13,23H,14-18H2,1-3H3/t23-/m1/s1. The van der Waals surface area contributed by atoms with Crippen LogP contribution in [0.25, 0.3) is 0 Å². The molecular weight excluding hydrogens is 444 g/mol. The van der Waals surface area contributed by atoms with E-state index >= 15 is 0 Å². The first-order chi connectivity index (χ1) is 16.9. The fourth-order valence-electron chi connectivity index (χ4n) is 4.96. The molecule has 6 nitrogen and oxygen atoms in total. The Hall–Kier alpha value is -3.67. The molecule has 0 radical (unpaired) electrons. The number of esters is 3. The number of benzene rings is 2. The zero-order chi connectivity index (χ0) is 25.0. The van der Waals surface area contributed by atoms with Crippen LogP contribution in [0, 0.1) is 11.3 Å². The summed E-state index contributed by atoms with van der Waals surface area (Å²) in [5.41, 5.74) is 3.79. The summed E-state index contributed by atoms with van der Waals surface area (Å²) in [6.45, 7) is 3.95. The molecule has 0 saturated heterocycles. The Balaban J connectivity index is 1.64. The molecule has 1 saturated carbocycles. The van der Waals surface area contributed by atoms with Gasteiger partial charge in [-0.15, -0.1) is 0 Å². The summed E-state index contributed by atoms with van der Waals surface area (Å²) in [6.07, 6.45) is 0.840. The Bertz CT molecular complexity index is 1120. The predicted octanol–water partition coefficient (Wildman–Crippen LogP) is 5.08. The van der Waals surface area contributed by atoms with Crippen LogP contribution in [0.1, 0.15) is 44.2 Å². The third-order valence-corrected chi connectivity index (χ3v) is 7.04. The maximum atomic E-state index is 13.6. The minimum Gasteiger partial charge on any atom is -0.469 e. The zero-order valence-electron chi connectivity index (χ0n) is 20.3. The van der Waals surface area contributed by atoms with Crippen molar-refractivity contribution in [1.82, 2.24) is 0 Å². The molecule has 0 aliphatic heterocycles. The lowest BCUT2D eigenvalue weighted by atomic mass is 9.81. The molecule has 0 N–H and O–H groups in total. The van der Waals surface area contributed by atoms with Crippen molar-refractivity contribution in [3.63, 3.8) is 0 Å². The normalized spacial score (nSPS) is 18.7. The molecule has 35 heavy (non-hydrogen) atoms.